The van der Waals surface area contributed by atoms with Gasteiger partial charge in [0.05, 0.1) is 10.8 Å². The molecule has 1 rings (SSSR count). The molecule has 0 saturated carbocycles. The number of para-hydroxylation sites is 1. The minimum absolute atomic E-state index is 0.113. The first kappa shape index (κ1) is 14.7. The van der Waals surface area contributed by atoms with E-state index in [0.29, 0.717) is 12.2 Å². The summed E-state index contributed by atoms with van der Waals surface area (Å²) in [7, 11) is 3.25. The van der Waals surface area contributed by atoms with Crippen LogP contribution in [0.3, 0.4) is 0 Å². The van der Waals surface area contributed by atoms with Gasteiger partial charge in [0.1, 0.15) is 11.4 Å². The summed E-state index contributed by atoms with van der Waals surface area (Å²) in [6.07, 6.45) is 0. The Morgan fingerprint density at radius 3 is 2.74 bits per heavy atom. The van der Waals surface area contributed by atoms with Crippen molar-refractivity contribution in [2.45, 2.75) is 6.92 Å². The van der Waals surface area contributed by atoms with E-state index in [-0.39, 0.29) is 23.2 Å². The van der Waals surface area contributed by atoms with Crippen LogP contribution >= 0.6 is 0 Å². The van der Waals surface area contributed by atoms with E-state index >= 15 is 0 Å². The number of benzene rings is 1. The molecule has 7 heteroatoms. The van der Waals surface area contributed by atoms with Crippen LogP contribution in [0.5, 0.6) is 0 Å². The molecule has 0 spiro atoms. The summed E-state index contributed by atoms with van der Waals surface area (Å²) in [6, 6.07) is 4.75. The van der Waals surface area contributed by atoms with Crippen molar-refractivity contribution in [3.05, 3.63) is 28.3 Å². The highest BCUT2D eigenvalue weighted by molar-refractivity contribution is 5.80. The van der Waals surface area contributed by atoms with Crippen molar-refractivity contribution in [1.29, 1.82) is 0 Å². The number of hydrogen-bond donors (Lipinski definition) is 2. The number of rotatable bonds is 5. The van der Waals surface area contributed by atoms with Gasteiger partial charge in [0.15, 0.2) is 0 Å². The van der Waals surface area contributed by atoms with Gasteiger partial charge in [0.2, 0.25) is 5.91 Å². The number of nitro benzene ring substituents is 1. The summed E-state index contributed by atoms with van der Waals surface area (Å²) < 4.78 is 0. The van der Waals surface area contributed by atoms with Crippen molar-refractivity contribution in [2.24, 2.45) is 5.92 Å². The van der Waals surface area contributed by atoms with Crippen molar-refractivity contribution < 1.29 is 9.72 Å². The van der Waals surface area contributed by atoms with Crippen LogP contribution in [0, 0.1) is 16.0 Å². The molecule has 0 aliphatic rings. The molecule has 1 aromatic carbocycles. The quantitative estimate of drug-likeness (QED) is 0.470. The molecule has 1 aromatic rings. The zero-order valence-electron chi connectivity index (χ0n) is 11.2. The van der Waals surface area contributed by atoms with E-state index in [2.05, 4.69) is 5.32 Å². The smallest absolute Gasteiger partial charge is 0.315 e. The minimum atomic E-state index is -0.508. The van der Waals surface area contributed by atoms with Gasteiger partial charge in [-0.1, -0.05) is 13.0 Å². The predicted molar refractivity (Wildman–Crippen MR) is 74.0 cm³/mol. The molecule has 1 amide bonds. The number of carbonyl (C=O) groups is 1. The van der Waals surface area contributed by atoms with Crippen LogP contribution in [0.1, 0.15) is 6.92 Å². The lowest BCUT2D eigenvalue weighted by molar-refractivity contribution is -0.383. The largest absolute Gasteiger partial charge is 0.393 e. The zero-order valence-corrected chi connectivity index (χ0v) is 11.2. The van der Waals surface area contributed by atoms with Crippen molar-refractivity contribution in [3.8, 4) is 0 Å². The highest BCUT2D eigenvalue weighted by Crippen LogP contribution is 2.33. The fourth-order valence-corrected chi connectivity index (χ4v) is 1.89. The first-order valence-corrected chi connectivity index (χ1v) is 5.84. The van der Waals surface area contributed by atoms with E-state index in [1.165, 1.54) is 6.07 Å². The Bertz CT molecular complexity index is 490. The molecule has 3 N–H and O–H groups in total. The van der Waals surface area contributed by atoms with E-state index in [0.717, 1.165) is 0 Å². The number of nitrogens with one attached hydrogen (secondary N) is 1. The number of nitro groups is 1. The van der Waals surface area contributed by atoms with E-state index in [9.17, 15) is 14.9 Å². The molecule has 0 aromatic heterocycles. The number of nitrogens with zero attached hydrogens (tertiary/aromatic N) is 2. The maximum Gasteiger partial charge on any atom is 0.315 e. The molecule has 0 aliphatic heterocycles. The van der Waals surface area contributed by atoms with Gasteiger partial charge in [-0.15, -0.1) is 0 Å². The Labute approximate surface area is 111 Å². The summed E-state index contributed by atoms with van der Waals surface area (Å²) in [5.41, 5.74) is 6.02. The van der Waals surface area contributed by atoms with Gasteiger partial charge in [0.25, 0.3) is 0 Å². The highest BCUT2D eigenvalue weighted by atomic mass is 16.6. The van der Waals surface area contributed by atoms with E-state index in [1.54, 1.807) is 38.1 Å². The lowest BCUT2D eigenvalue weighted by Gasteiger charge is -2.22. The molecule has 7 nitrogen and oxygen atoms in total. The van der Waals surface area contributed by atoms with Gasteiger partial charge in [0, 0.05) is 20.6 Å². The van der Waals surface area contributed by atoms with Gasteiger partial charge < -0.3 is 16.0 Å². The number of anilines is 2. The molecule has 0 saturated heterocycles. The standard InChI is InChI=1S/C12H18N4O3/c1-8(12(17)14-2)7-15(3)10-6-4-5-9(13)11(10)16(18)19/h4-6,8H,7,13H2,1-3H3,(H,14,17). The van der Waals surface area contributed by atoms with Gasteiger partial charge in [-0.05, 0) is 12.1 Å². The number of nitrogens with two attached hydrogens (primary N) is 1. The second kappa shape index (κ2) is 6.03. The Morgan fingerprint density at radius 2 is 2.21 bits per heavy atom. The fourth-order valence-electron chi connectivity index (χ4n) is 1.89. The summed E-state index contributed by atoms with van der Waals surface area (Å²) in [5, 5.41) is 13.6. The number of hydrogen-bond acceptors (Lipinski definition) is 5. The fraction of sp³-hybridized carbons (Fsp3) is 0.417. The maximum absolute atomic E-state index is 11.5. The van der Waals surface area contributed by atoms with Gasteiger partial charge in [-0.3, -0.25) is 14.9 Å². The number of nitrogen functional groups attached to an aromatic ring is 1. The monoisotopic (exact) mass is 266 g/mol. The lowest BCUT2D eigenvalue weighted by Crippen LogP contribution is -2.34. The van der Waals surface area contributed by atoms with Crippen molar-refractivity contribution in [2.75, 3.05) is 31.3 Å². The molecule has 1 atom stereocenters. The first-order valence-electron chi connectivity index (χ1n) is 5.84. The van der Waals surface area contributed by atoms with Gasteiger partial charge >= 0.3 is 5.69 Å². The Hall–Kier alpha value is -2.31. The second-order valence-corrected chi connectivity index (χ2v) is 4.37. The average molecular weight is 266 g/mol. The molecule has 0 heterocycles. The average Bonchev–Trinajstić information content (AvgIpc) is 2.36. The normalized spacial score (nSPS) is 11.7. The van der Waals surface area contributed by atoms with Crippen LogP contribution in [0.25, 0.3) is 0 Å². The third-order valence-corrected chi connectivity index (χ3v) is 2.88. The molecule has 0 fully saturated rings. The Kier molecular flexibility index (Phi) is 4.68. The lowest BCUT2D eigenvalue weighted by atomic mass is 10.1. The molecular formula is C12H18N4O3. The first-order chi connectivity index (χ1) is 8.88. The summed E-state index contributed by atoms with van der Waals surface area (Å²) >= 11 is 0. The molecule has 1 unspecified atom stereocenters. The molecule has 104 valence electrons. The van der Waals surface area contributed by atoms with Crippen LogP contribution in [0.2, 0.25) is 0 Å². The van der Waals surface area contributed by atoms with Crippen LogP contribution in [0.15, 0.2) is 18.2 Å². The molecule has 0 bridgehead atoms. The topological polar surface area (TPSA) is 102 Å². The number of amides is 1. The van der Waals surface area contributed by atoms with Crippen molar-refractivity contribution in [3.63, 3.8) is 0 Å². The minimum Gasteiger partial charge on any atom is -0.393 e. The van der Waals surface area contributed by atoms with Gasteiger partial charge in [-0.2, -0.15) is 0 Å². The van der Waals surface area contributed by atoms with Crippen LogP contribution < -0.4 is 16.0 Å². The number of carbonyl (C=O) groups excluding carboxylic acids is 1. The third-order valence-electron chi connectivity index (χ3n) is 2.88. The summed E-state index contributed by atoms with van der Waals surface area (Å²) in [4.78, 5) is 23.7. The summed E-state index contributed by atoms with van der Waals surface area (Å²) in [6.45, 7) is 2.12. The van der Waals surface area contributed by atoms with E-state index in [1.807, 2.05) is 0 Å². The zero-order chi connectivity index (χ0) is 14.6. The van der Waals surface area contributed by atoms with Gasteiger partial charge in [-0.25, -0.2) is 0 Å². The Balaban J connectivity index is 3.00. The maximum atomic E-state index is 11.5. The van der Waals surface area contributed by atoms with Crippen LogP contribution in [-0.2, 0) is 4.79 Å². The molecular weight excluding hydrogens is 248 g/mol. The second-order valence-electron chi connectivity index (χ2n) is 4.37. The summed E-state index contributed by atoms with van der Waals surface area (Å²) in [5.74, 6) is -0.394. The molecule has 19 heavy (non-hydrogen) atoms. The third kappa shape index (κ3) is 3.34. The van der Waals surface area contributed by atoms with E-state index < -0.39 is 4.92 Å². The van der Waals surface area contributed by atoms with Crippen LogP contribution in [0.4, 0.5) is 17.1 Å². The molecule has 0 aliphatic carbocycles. The van der Waals surface area contributed by atoms with Crippen molar-refractivity contribution >= 4 is 23.0 Å². The van der Waals surface area contributed by atoms with E-state index in [4.69, 9.17) is 5.73 Å². The van der Waals surface area contributed by atoms with Crippen molar-refractivity contribution in [1.82, 2.24) is 5.32 Å². The van der Waals surface area contributed by atoms with Crippen LogP contribution in [-0.4, -0.2) is 31.5 Å². The Morgan fingerprint density at radius 1 is 1.58 bits per heavy atom. The SMILES string of the molecule is CNC(=O)C(C)CN(C)c1cccc(N)c1[N+](=O)[O-]. The highest BCUT2D eigenvalue weighted by Gasteiger charge is 2.22. The predicted octanol–water partition coefficient (Wildman–Crippen LogP) is 0.995. The molecule has 0 radical (unpaired) electrons.